The van der Waals surface area contributed by atoms with Crippen LogP contribution in [0.2, 0.25) is 5.02 Å². The summed E-state index contributed by atoms with van der Waals surface area (Å²) in [4.78, 5) is 23.3. The fraction of sp³-hybridized carbons (Fsp3) is 0.529. The van der Waals surface area contributed by atoms with E-state index in [1.54, 1.807) is 13.8 Å². The highest BCUT2D eigenvalue weighted by molar-refractivity contribution is 7.89. The van der Waals surface area contributed by atoms with Crippen molar-refractivity contribution in [1.82, 2.24) is 10.0 Å². The van der Waals surface area contributed by atoms with Gasteiger partial charge in [-0.2, -0.15) is 0 Å². The van der Waals surface area contributed by atoms with Gasteiger partial charge in [0.25, 0.3) is 0 Å². The van der Waals surface area contributed by atoms with Crippen molar-refractivity contribution in [1.29, 1.82) is 0 Å². The van der Waals surface area contributed by atoms with Gasteiger partial charge in [0, 0.05) is 38.7 Å². The molecule has 0 saturated carbocycles. The zero-order valence-corrected chi connectivity index (χ0v) is 17.2. The molecule has 1 aromatic rings. The molecule has 1 rings (SSSR count). The first-order valence-corrected chi connectivity index (χ1v) is 10.4. The van der Waals surface area contributed by atoms with E-state index in [2.05, 4.69) is 10.0 Å². The lowest BCUT2D eigenvalue weighted by atomic mass is 10.1. The molecule has 0 heterocycles. The van der Waals surface area contributed by atoms with Gasteiger partial charge in [-0.15, -0.1) is 0 Å². The van der Waals surface area contributed by atoms with E-state index in [0.717, 1.165) is 0 Å². The molecule has 0 aromatic heterocycles. The summed E-state index contributed by atoms with van der Waals surface area (Å²) in [5.74, 6) is -0.627. The Morgan fingerprint density at radius 1 is 1.15 bits per heavy atom. The number of sulfonamides is 1. The summed E-state index contributed by atoms with van der Waals surface area (Å²) in [6.07, 6.45) is -0.751. The predicted octanol–water partition coefficient (Wildman–Crippen LogP) is 1.73. The number of hydrogen-bond acceptors (Lipinski definition) is 6. The predicted molar refractivity (Wildman–Crippen MR) is 101 cm³/mol. The van der Waals surface area contributed by atoms with Gasteiger partial charge >= 0.3 is 0 Å². The lowest BCUT2D eigenvalue weighted by Gasteiger charge is -2.18. The molecule has 10 heteroatoms. The van der Waals surface area contributed by atoms with E-state index in [4.69, 9.17) is 21.1 Å². The van der Waals surface area contributed by atoms with Crippen molar-refractivity contribution in [2.45, 2.75) is 37.9 Å². The van der Waals surface area contributed by atoms with Crippen LogP contribution in [-0.4, -0.2) is 53.2 Å². The van der Waals surface area contributed by atoms with Crippen molar-refractivity contribution in [2.75, 3.05) is 26.8 Å². The fourth-order valence-electron chi connectivity index (χ4n) is 2.17. The minimum absolute atomic E-state index is 0.0166. The highest BCUT2D eigenvalue weighted by atomic mass is 35.5. The third kappa shape index (κ3) is 7.55. The first kappa shape index (κ1) is 23.5. The smallest absolute Gasteiger partial charge is 0.242 e. The van der Waals surface area contributed by atoms with Crippen molar-refractivity contribution in [3.8, 4) is 0 Å². The quantitative estimate of drug-likeness (QED) is 0.393. The molecule has 8 nitrogen and oxygen atoms in total. The molecule has 0 fully saturated rings. The van der Waals surface area contributed by atoms with Crippen molar-refractivity contribution in [3.05, 3.63) is 28.8 Å². The van der Waals surface area contributed by atoms with E-state index < -0.39 is 16.3 Å². The summed E-state index contributed by atoms with van der Waals surface area (Å²) in [7, 11) is -2.51. The van der Waals surface area contributed by atoms with Crippen LogP contribution in [0.1, 0.15) is 37.0 Å². The number of benzene rings is 1. The molecule has 0 aliphatic heterocycles. The normalized spacial score (nSPS) is 11.6. The number of Topliss-reactive ketones (excluding diaryl/α,β-unsaturated/α-hetero) is 1. The summed E-state index contributed by atoms with van der Waals surface area (Å²) >= 11 is 6.02. The Hall–Kier alpha value is -1.52. The molecule has 0 spiro atoms. The van der Waals surface area contributed by atoms with Crippen LogP contribution in [0, 0.1) is 0 Å². The number of carbonyl (C=O) groups excluding carboxylic acids is 2. The van der Waals surface area contributed by atoms with Crippen LogP contribution in [0.5, 0.6) is 0 Å². The van der Waals surface area contributed by atoms with Gasteiger partial charge in [0.15, 0.2) is 12.1 Å². The van der Waals surface area contributed by atoms with E-state index in [9.17, 15) is 18.0 Å². The summed E-state index contributed by atoms with van der Waals surface area (Å²) in [5, 5.41) is 2.40. The molecule has 0 aliphatic rings. The molecule has 27 heavy (non-hydrogen) atoms. The van der Waals surface area contributed by atoms with Gasteiger partial charge in [-0.25, -0.2) is 13.1 Å². The van der Waals surface area contributed by atoms with Crippen LogP contribution < -0.4 is 10.0 Å². The molecule has 1 aromatic carbocycles. The highest BCUT2D eigenvalue weighted by Crippen LogP contribution is 2.23. The van der Waals surface area contributed by atoms with Gasteiger partial charge in [0.1, 0.15) is 4.90 Å². The lowest BCUT2D eigenvalue weighted by Crippen LogP contribution is -2.35. The molecule has 0 radical (unpaired) electrons. The van der Waals surface area contributed by atoms with Crippen LogP contribution in [0.3, 0.4) is 0 Å². The van der Waals surface area contributed by atoms with E-state index in [1.807, 2.05) is 0 Å². The number of hydrogen-bond donors (Lipinski definition) is 2. The molecule has 0 atom stereocenters. The molecule has 2 N–H and O–H groups in total. The van der Waals surface area contributed by atoms with Gasteiger partial charge < -0.3 is 14.8 Å². The molecular formula is C17H25ClN2O6S. The number of carbonyl (C=O) groups is 2. The SMILES string of the molecule is CCOC(CNS(=O)(=O)c1cc(C(=O)CCC(=O)NC)ccc1Cl)OCC. The molecule has 0 bridgehead atoms. The van der Waals surface area contributed by atoms with E-state index in [1.165, 1.54) is 25.2 Å². The average Bonchev–Trinajstić information content (AvgIpc) is 2.64. The number of rotatable bonds is 12. The van der Waals surface area contributed by atoms with Crippen LogP contribution in [0.15, 0.2) is 23.1 Å². The Balaban J connectivity index is 2.93. The van der Waals surface area contributed by atoms with Crippen LogP contribution in [0.25, 0.3) is 0 Å². The minimum Gasteiger partial charge on any atom is -0.359 e. The lowest BCUT2D eigenvalue weighted by molar-refractivity contribution is -0.130. The minimum atomic E-state index is -3.99. The standard InChI is InChI=1S/C17H25ClN2O6S/c1-4-25-17(26-5-2)11-20-27(23,24)15-10-12(6-7-13(15)18)14(21)8-9-16(22)19-3/h6-7,10,17,20H,4-5,8-9,11H2,1-3H3,(H,19,22). The Labute approximate surface area is 164 Å². The Kier molecular flexibility index (Phi) is 9.89. The topological polar surface area (TPSA) is 111 Å². The number of amides is 1. The van der Waals surface area contributed by atoms with Crippen LogP contribution in [0.4, 0.5) is 0 Å². The summed E-state index contributed by atoms with van der Waals surface area (Å²) in [6.45, 7) is 4.16. The van der Waals surface area contributed by atoms with Gasteiger partial charge in [0.2, 0.25) is 15.9 Å². The van der Waals surface area contributed by atoms with Crippen molar-refractivity contribution in [2.24, 2.45) is 0 Å². The van der Waals surface area contributed by atoms with Crippen molar-refractivity contribution >= 4 is 33.3 Å². The first-order chi connectivity index (χ1) is 12.7. The van der Waals surface area contributed by atoms with E-state index >= 15 is 0 Å². The molecular weight excluding hydrogens is 396 g/mol. The summed E-state index contributed by atoms with van der Waals surface area (Å²) in [5.41, 5.74) is 0.162. The first-order valence-electron chi connectivity index (χ1n) is 8.51. The molecule has 0 aliphatic carbocycles. The Bertz CT molecular complexity index is 748. The number of ether oxygens (including phenoxy) is 2. The third-order valence-electron chi connectivity index (χ3n) is 3.55. The molecule has 1 amide bonds. The van der Waals surface area contributed by atoms with Crippen LogP contribution in [-0.2, 0) is 24.3 Å². The second-order valence-electron chi connectivity index (χ2n) is 5.43. The maximum atomic E-state index is 12.6. The maximum Gasteiger partial charge on any atom is 0.242 e. The Morgan fingerprint density at radius 3 is 2.33 bits per heavy atom. The van der Waals surface area contributed by atoms with Gasteiger partial charge in [-0.05, 0) is 32.0 Å². The summed E-state index contributed by atoms with van der Waals surface area (Å²) in [6, 6.07) is 3.97. The number of halogens is 1. The number of nitrogens with one attached hydrogen (secondary N) is 2. The fourth-order valence-corrected chi connectivity index (χ4v) is 3.71. The second-order valence-corrected chi connectivity index (χ2v) is 7.58. The largest absolute Gasteiger partial charge is 0.359 e. The van der Waals surface area contributed by atoms with Crippen LogP contribution >= 0.6 is 11.6 Å². The molecule has 0 unspecified atom stereocenters. The zero-order chi connectivity index (χ0) is 20.4. The summed E-state index contributed by atoms with van der Waals surface area (Å²) < 4.78 is 38.1. The highest BCUT2D eigenvalue weighted by Gasteiger charge is 2.22. The van der Waals surface area contributed by atoms with Crippen molar-refractivity contribution in [3.63, 3.8) is 0 Å². The van der Waals surface area contributed by atoms with E-state index in [-0.39, 0.29) is 46.6 Å². The van der Waals surface area contributed by atoms with Gasteiger partial charge in [-0.3, -0.25) is 9.59 Å². The van der Waals surface area contributed by atoms with Gasteiger partial charge in [0.05, 0.1) is 11.6 Å². The number of ketones is 1. The monoisotopic (exact) mass is 420 g/mol. The third-order valence-corrected chi connectivity index (χ3v) is 5.45. The second kappa shape index (κ2) is 11.4. The Morgan fingerprint density at radius 2 is 1.78 bits per heavy atom. The molecule has 152 valence electrons. The van der Waals surface area contributed by atoms with Crippen molar-refractivity contribution < 1.29 is 27.5 Å². The maximum absolute atomic E-state index is 12.6. The molecule has 0 saturated heterocycles. The average molecular weight is 421 g/mol. The zero-order valence-electron chi connectivity index (χ0n) is 15.6. The van der Waals surface area contributed by atoms with E-state index in [0.29, 0.717) is 13.2 Å². The van der Waals surface area contributed by atoms with Gasteiger partial charge in [-0.1, -0.05) is 11.6 Å².